The van der Waals surface area contributed by atoms with Crippen molar-refractivity contribution in [2.75, 3.05) is 13.1 Å². The Bertz CT molecular complexity index is 395. The van der Waals surface area contributed by atoms with Gasteiger partial charge in [-0.05, 0) is 19.1 Å². The summed E-state index contributed by atoms with van der Waals surface area (Å²) >= 11 is 0. The third-order valence-corrected chi connectivity index (χ3v) is 2.36. The third-order valence-electron chi connectivity index (χ3n) is 2.36. The molecule has 0 spiro atoms. The minimum absolute atomic E-state index is 0.0765. The normalized spacial score (nSPS) is 9.83. The SMILES string of the molecule is CCN(Cc1ccccn1)C(=O)NCCC(=O)O. The summed E-state index contributed by atoms with van der Waals surface area (Å²) in [5, 5.41) is 11.0. The zero-order valence-electron chi connectivity index (χ0n) is 10.3. The number of rotatable bonds is 6. The van der Waals surface area contributed by atoms with Gasteiger partial charge in [-0.2, -0.15) is 0 Å². The molecule has 0 aliphatic carbocycles. The molecule has 0 bridgehead atoms. The Morgan fingerprint density at radius 1 is 1.44 bits per heavy atom. The molecule has 98 valence electrons. The number of urea groups is 1. The minimum atomic E-state index is -0.928. The van der Waals surface area contributed by atoms with E-state index in [1.54, 1.807) is 11.1 Å². The van der Waals surface area contributed by atoms with Crippen LogP contribution in [0.4, 0.5) is 4.79 Å². The smallest absolute Gasteiger partial charge is 0.317 e. The van der Waals surface area contributed by atoms with Crippen LogP contribution in [0.5, 0.6) is 0 Å². The van der Waals surface area contributed by atoms with E-state index in [-0.39, 0.29) is 19.0 Å². The molecule has 0 saturated carbocycles. The van der Waals surface area contributed by atoms with Crippen molar-refractivity contribution in [1.82, 2.24) is 15.2 Å². The highest BCUT2D eigenvalue weighted by molar-refractivity contribution is 5.75. The van der Waals surface area contributed by atoms with Gasteiger partial charge in [0.1, 0.15) is 0 Å². The highest BCUT2D eigenvalue weighted by atomic mass is 16.4. The summed E-state index contributed by atoms with van der Waals surface area (Å²) < 4.78 is 0. The summed E-state index contributed by atoms with van der Waals surface area (Å²) in [7, 11) is 0. The molecule has 0 radical (unpaired) electrons. The number of pyridine rings is 1. The monoisotopic (exact) mass is 251 g/mol. The van der Waals surface area contributed by atoms with Crippen LogP contribution in [0.2, 0.25) is 0 Å². The summed E-state index contributed by atoms with van der Waals surface area (Å²) in [6, 6.07) is 5.24. The summed E-state index contributed by atoms with van der Waals surface area (Å²) in [5.41, 5.74) is 0.799. The lowest BCUT2D eigenvalue weighted by Crippen LogP contribution is -2.40. The molecule has 0 aromatic carbocycles. The number of hydrogen-bond acceptors (Lipinski definition) is 3. The van der Waals surface area contributed by atoms with E-state index in [0.29, 0.717) is 13.1 Å². The second kappa shape index (κ2) is 7.26. The van der Waals surface area contributed by atoms with Gasteiger partial charge in [0.05, 0.1) is 18.7 Å². The molecule has 2 amide bonds. The van der Waals surface area contributed by atoms with Gasteiger partial charge in [-0.3, -0.25) is 9.78 Å². The molecular formula is C12H17N3O3. The van der Waals surface area contributed by atoms with E-state index in [4.69, 9.17) is 5.11 Å². The first-order chi connectivity index (χ1) is 8.63. The predicted molar refractivity (Wildman–Crippen MR) is 66.0 cm³/mol. The van der Waals surface area contributed by atoms with Gasteiger partial charge in [0.15, 0.2) is 0 Å². The maximum absolute atomic E-state index is 11.8. The number of amides is 2. The predicted octanol–water partition coefficient (Wildman–Crippen LogP) is 1.09. The van der Waals surface area contributed by atoms with Gasteiger partial charge in [0.2, 0.25) is 0 Å². The topological polar surface area (TPSA) is 82.5 Å². The maximum atomic E-state index is 11.8. The number of hydrogen-bond donors (Lipinski definition) is 2. The van der Waals surface area contributed by atoms with Crippen LogP contribution >= 0.6 is 0 Å². The third kappa shape index (κ3) is 4.82. The molecule has 0 fully saturated rings. The zero-order chi connectivity index (χ0) is 13.4. The molecule has 1 heterocycles. The highest BCUT2D eigenvalue weighted by Gasteiger charge is 2.12. The van der Waals surface area contributed by atoms with E-state index >= 15 is 0 Å². The van der Waals surface area contributed by atoms with Crippen molar-refractivity contribution in [2.45, 2.75) is 19.9 Å². The van der Waals surface area contributed by atoms with Crippen molar-refractivity contribution in [3.63, 3.8) is 0 Å². The fraction of sp³-hybridized carbons (Fsp3) is 0.417. The van der Waals surface area contributed by atoms with Crippen LogP contribution in [0.1, 0.15) is 19.0 Å². The van der Waals surface area contributed by atoms with Crippen LogP contribution < -0.4 is 5.32 Å². The summed E-state index contributed by atoms with van der Waals surface area (Å²) in [4.78, 5) is 27.8. The van der Waals surface area contributed by atoms with Crippen molar-refractivity contribution < 1.29 is 14.7 Å². The number of aliphatic carboxylic acids is 1. The molecule has 0 saturated heterocycles. The average Bonchev–Trinajstić information content (AvgIpc) is 2.36. The van der Waals surface area contributed by atoms with E-state index in [0.717, 1.165) is 5.69 Å². The summed E-state index contributed by atoms with van der Waals surface area (Å²) in [5.74, 6) is -0.928. The van der Waals surface area contributed by atoms with Gasteiger partial charge in [-0.1, -0.05) is 6.07 Å². The summed E-state index contributed by atoms with van der Waals surface area (Å²) in [6.45, 7) is 2.94. The van der Waals surface area contributed by atoms with Crippen molar-refractivity contribution in [3.8, 4) is 0 Å². The second-order valence-corrected chi connectivity index (χ2v) is 3.71. The molecule has 0 atom stereocenters. The number of carboxylic acids is 1. The van der Waals surface area contributed by atoms with Crippen LogP contribution in [0, 0.1) is 0 Å². The van der Waals surface area contributed by atoms with Crippen LogP contribution in [-0.2, 0) is 11.3 Å². The Hall–Kier alpha value is -2.11. The molecule has 0 aliphatic heterocycles. The Kier molecular flexibility index (Phi) is 5.63. The maximum Gasteiger partial charge on any atom is 0.317 e. The van der Waals surface area contributed by atoms with Gasteiger partial charge < -0.3 is 15.3 Å². The van der Waals surface area contributed by atoms with Gasteiger partial charge in [-0.25, -0.2) is 4.79 Å². The van der Waals surface area contributed by atoms with Crippen LogP contribution in [0.25, 0.3) is 0 Å². The molecule has 1 aromatic heterocycles. The molecule has 6 heteroatoms. The quantitative estimate of drug-likeness (QED) is 0.792. The van der Waals surface area contributed by atoms with Crippen molar-refractivity contribution in [2.24, 2.45) is 0 Å². The highest BCUT2D eigenvalue weighted by Crippen LogP contribution is 2.01. The van der Waals surface area contributed by atoms with E-state index in [1.165, 1.54) is 0 Å². The largest absolute Gasteiger partial charge is 0.481 e. The number of nitrogens with zero attached hydrogens (tertiary/aromatic N) is 2. The Labute approximate surface area is 106 Å². The molecule has 2 N–H and O–H groups in total. The van der Waals surface area contributed by atoms with Crippen molar-refractivity contribution in [1.29, 1.82) is 0 Å². The fourth-order valence-corrected chi connectivity index (χ4v) is 1.40. The van der Waals surface area contributed by atoms with E-state index in [9.17, 15) is 9.59 Å². The number of nitrogens with one attached hydrogen (secondary N) is 1. The van der Waals surface area contributed by atoms with Gasteiger partial charge in [0.25, 0.3) is 0 Å². The van der Waals surface area contributed by atoms with Crippen LogP contribution in [0.15, 0.2) is 24.4 Å². The first-order valence-electron chi connectivity index (χ1n) is 5.78. The van der Waals surface area contributed by atoms with E-state index < -0.39 is 5.97 Å². The van der Waals surface area contributed by atoms with Crippen molar-refractivity contribution >= 4 is 12.0 Å². The molecule has 6 nitrogen and oxygen atoms in total. The van der Waals surface area contributed by atoms with E-state index in [1.807, 2.05) is 25.1 Å². The average molecular weight is 251 g/mol. The Balaban J connectivity index is 2.45. The Morgan fingerprint density at radius 3 is 2.78 bits per heavy atom. The fourth-order valence-electron chi connectivity index (χ4n) is 1.40. The first kappa shape index (κ1) is 14.0. The van der Waals surface area contributed by atoms with Gasteiger partial charge >= 0.3 is 12.0 Å². The van der Waals surface area contributed by atoms with Crippen LogP contribution in [-0.4, -0.2) is 40.1 Å². The first-order valence-corrected chi connectivity index (χ1v) is 5.78. The standard InChI is InChI=1S/C12H17N3O3/c1-2-15(9-10-5-3-4-7-13-10)12(18)14-8-6-11(16)17/h3-5,7H,2,6,8-9H2,1H3,(H,14,18)(H,16,17). The molecular weight excluding hydrogens is 234 g/mol. The molecule has 0 unspecified atom stereocenters. The van der Waals surface area contributed by atoms with Crippen molar-refractivity contribution in [3.05, 3.63) is 30.1 Å². The molecule has 1 aromatic rings. The number of carbonyl (C=O) groups is 2. The number of aromatic nitrogens is 1. The molecule has 0 aliphatic rings. The number of carbonyl (C=O) groups excluding carboxylic acids is 1. The zero-order valence-corrected chi connectivity index (χ0v) is 10.3. The van der Waals surface area contributed by atoms with E-state index in [2.05, 4.69) is 10.3 Å². The lowest BCUT2D eigenvalue weighted by molar-refractivity contribution is -0.136. The lowest BCUT2D eigenvalue weighted by Gasteiger charge is -2.20. The Morgan fingerprint density at radius 2 is 2.22 bits per heavy atom. The molecule has 1 rings (SSSR count). The number of carboxylic acid groups (broad SMARTS) is 1. The van der Waals surface area contributed by atoms with Crippen LogP contribution in [0.3, 0.4) is 0 Å². The molecule has 18 heavy (non-hydrogen) atoms. The second-order valence-electron chi connectivity index (χ2n) is 3.71. The lowest BCUT2D eigenvalue weighted by atomic mass is 10.3. The van der Waals surface area contributed by atoms with Gasteiger partial charge in [0, 0.05) is 19.3 Å². The van der Waals surface area contributed by atoms with Gasteiger partial charge in [-0.15, -0.1) is 0 Å². The minimum Gasteiger partial charge on any atom is -0.481 e. The summed E-state index contributed by atoms with van der Waals surface area (Å²) in [6.07, 6.45) is 1.60.